The summed E-state index contributed by atoms with van der Waals surface area (Å²) in [7, 11) is 0. The molecule has 1 aliphatic rings. The topological polar surface area (TPSA) is 38.0 Å². The Labute approximate surface area is 117 Å². The van der Waals surface area contributed by atoms with Crippen LogP contribution in [0.5, 0.6) is 0 Å². The molecule has 0 radical (unpaired) electrons. The van der Waals surface area contributed by atoms with E-state index >= 15 is 0 Å². The van der Waals surface area contributed by atoms with Crippen molar-refractivity contribution in [3.8, 4) is 0 Å². The molecule has 2 rings (SSSR count). The van der Waals surface area contributed by atoms with Gasteiger partial charge in [-0.25, -0.2) is 0 Å². The van der Waals surface area contributed by atoms with Crippen molar-refractivity contribution in [2.75, 3.05) is 18.8 Å². The van der Waals surface area contributed by atoms with E-state index in [1.807, 2.05) is 12.1 Å². The van der Waals surface area contributed by atoms with Crippen LogP contribution in [-0.4, -0.2) is 13.1 Å². The number of nitrogens with one attached hydrogen (secondary N) is 1. The van der Waals surface area contributed by atoms with E-state index in [9.17, 15) is 0 Å². The summed E-state index contributed by atoms with van der Waals surface area (Å²) in [6.45, 7) is 11.5. The van der Waals surface area contributed by atoms with E-state index in [2.05, 4.69) is 45.1 Å². The van der Waals surface area contributed by atoms with Crippen molar-refractivity contribution in [2.45, 2.75) is 46.0 Å². The molecule has 0 aliphatic heterocycles. The molecule has 0 unspecified atom stereocenters. The molecule has 3 N–H and O–H groups in total. The van der Waals surface area contributed by atoms with Gasteiger partial charge in [0.15, 0.2) is 0 Å². The summed E-state index contributed by atoms with van der Waals surface area (Å²) in [4.78, 5) is 0. The van der Waals surface area contributed by atoms with Gasteiger partial charge in [-0.05, 0) is 41.9 Å². The fourth-order valence-electron chi connectivity index (χ4n) is 2.38. The molecule has 2 heteroatoms. The molecule has 0 bridgehead atoms. The van der Waals surface area contributed by atoms with Gasteiger partial charge in [-0.2, -0.15) is 0 Å². The highest BCUT2D eigenvalue weighted by molar-refractivity contribution is 5.43. The largest absolute Gasteiger partial charge is 0.399 e. The Balaban J connectivity index is 1.91. The van der Waals surface area contributed by atoms with E-state index in [0.717, 1.165) is 18.8 Å². The Morgan fingerprint density at radius 3 is 2.26 bits per heavy atom. The number of nitrogen functional groups attached to an aromatic ring is 1. The molecule has 0 amide bonds. The van der Waals surface area contributed by atoms with Gasteiger partial charge in [0.25, 0.3) is 0 Å². The number of benzene rings is 1. The Morgan fingerprint density at radius 2 is 1.79 bits per heavy atom. The van der Waals surface area contributed by atoms with Gasteiger partial charge in [0.2, 0.25) is 0 Å². The van der Waals surface area contributed by atoms with Crippen LogP contribution in [0, 0.1) is 11.3 Å². The number of anilines is 1. The maximum Gasteiger partial charge on any atom is 0.0314 e. The van der Waals surface area contributed by atoms with Crippen molar-refractivity contribution in [2.24, 2.45) is 11.3 Å². The summed E-state index contributed by atoms with van der Waals surface area (Å²) in [5.74, 6) is 0.701. The van der Waals surface area contributed by atoms with Crippen LogP contribution in [0.1, 0.15) is 46.1 Å². The minimum Gasteiger partial charge on any atom is -0.399 e. The minimum absolute atomic E-state index is 0.358. The standard InChI is InChI=1S/C17H28N2/c1-13(2)16(3,4)11-19-12-17(9-10-17)14-5-7-15(18)8-6-14/h5-8,13,19H,9-12,18H2,1-4H3. The molecule has 0 aromatic heterocycles. The molecule has 0 heterocycles. The Kier molecular flexibility index (Phi) is 3.91. The zero-order valence-corrected chi connectivity index (χ0v) is 12.8. The number of nitrogens with two attached hydrogens (primary N) is 1. The summed E-state index contributed by atoms with van der Waals surface area (Å²) in [5.41, 5.74) is 8.80. The van der Waals surface area contributed by atoms with Gasteiger partial charge < -0.3 is 11.1 Å². The molecule has 106 valence electrons. The summed E-state index contributed by atoms with van der Waals surface area (Å²) in [6.07, 6.45) is 2.60. The lowest BCUT2D eigenvalue weighted by Gasteiger charge is -2.30. The summed E-state index contributed by atoms with van der Waals surface area (Å²) < 4.78 is 0. The third kappa shape index (κ3) is 3.30. The van der Waals surface area contributed by atoms with Crippen LogP contribution in [0.3, 0.4) is 0 Å². The molecular weight excluding hydrogens is 232 g/mol. The quantitative estimate of drug-likeness (QED) is 0.767. The molecule has 0 atom stereocenters. The van der Waals surface area contributed by atoms with Gasteiger partial charge in [0, 0.05) is 24.2 Å². The normalized spacial score (nSPS) is 17.7. The third-order valence-electron chi connectivity index (χ3n) is 4.98. The van der Waals surface area contributed by atoms with Gasteiger partial charge in [0.1, 0.15) is 0 Å². The molecule has 1 aliphatic carbocycles. The van der Waals surface area contributed by atoms with Crippen molar-refractivity contribution in [1.29, 1.82) is 0 Å². The van der Waals surface area contributed by atoms with Crippen LogP contribution in [-0.2, 0) is 5.41 Å². The monoisotopic (exact) mass is 260 g/mol. The van der Waals surface area contributed by atoms with Crippen molar-refractivity contribution in [3.05, 3.63) is 29.8 Å². The van der Waals surface area contributed by atoms with E-state index in [1.54, 1.807) is 0 Å². The highest BCUT2D eigenvalue weighted by atomic mass is 14.9. The van der Waals surface area contributed by atoms with E-state index in [1.165, 1.54) is 18.4 Å². The summed E-state index contributed by atoms with van der Waals surface area (Å²) >= 11 is 0. The predicted octanol–water partition coefficient (Wildman–Crippen LogP) is 3.57. The fourth-order valence-corrected chi connectivity index (χ4v) is 2.38. The van der Waals surface area contributed by atoms with Gasteiger partial charge in [0.05, 0.1) is 0 Å². The van der Waals surface area contributed by atoms with Gasteiger partial charge >= 0.3 is 0 Å². The fraction of sp³-hybridized carbons (Fsp3) is 0.647. The summed E-state index contributed by atoms with van der Waals surface area (Å²) in [5, 5.41) is 3.69. The lowest BCUT2D eigenvalue weighted by molar-refractivity contribution is 0.236. The highest BCUT2D eigenvalue weighted by Crippen LogP contribution is 2.47. The molecule has 19 heavy (non-hydrogen) atoms. The SMILES string of the molecule is CC(C)C(C)(C)CNCC1(c2ccc(N)cc2)CC1. The molecule has 1 fully saturated rings. The van der Waals surface area contributed by atoms with Crippen LogP contribution in [0.4, 0.5) is 5.69 Å². The zero-order valence-electron chi connectivity index (χ0n) is 12.8. The van der Waals surface area contributed by atoms with Crippen molar-refractivity contribution >= 4 is 5.69 Å². The molecule has 2 nitrogen and oxygen atoms in total. The van der Waals surface area contributed by atoms with Crippen LogP contribution in [0.15, 0.2) is 24.3 Å². The predicted molar refractivity (Wildman–Crippen MR) is 83.3 cm³/mol. The van der Waals surface area contributed by atoms with Gasteiger partial charge in [-0.3, -0.25) is 0 Å². The lowest BCUT2D eigenvalue weighted by atomic mass is 9.81. The maximum atomic E-state index is 5.77. The molecular formula is C17H28N2. The van der Waals surface area contributed by atoms with Crippen LogP contribution >= 0.6 is 0 Å². The third-order valence-corrected chi connectivity index (χ3v) is 4.98. The number of hydrogen-bond donors (Lipinski definition) is 2. The van der Waals surface area contributed by atoms with Gasteiger partial charge in [-0.15, -0.1) is 0 Å². The Bertz CT molecular complexity index is 413. The highest BCUT2D eigenvalue weighted by Gasteiger charge is 2.43. The number of hydrogen-bond acceptors (Lipinski definition) is 2. The smallest absolute Gasteiger partial charge is 0.0314 e. The first-order valence-corrected chi connectivity index (χ1v) is 7.42. The maximum absolute atomic E-state index is 5.77. The molecule has 0 saturated heterocycles. The second-order valence-electron chi connectivity index (χ2n) is 7.15. The van der Waals surface area contributed by atoms with Gasteiger partial charge in [-0.1, -0.05) is 39.8 Å². The summed E-state index contributed by atoms with van der Waals surface area (Å²) in [6, 6.07) is 8.43. The zero-order chi connectivity index (χ0) is 14.1. The van der Waals surface area contributed by atoms with Crippen molar-refractivity contribution < 1.29 is 0 Å². The molecule has 1 aromatic carbocycles. The van der Waals surface area contributed by atoms with E-state index in [0.29, 0.717) is 16.7 Å². The second kappa shape index (κ2) is 5.16. The first-order chi connectivity index (χ1) is 8.86. The van der Waals surface area contributed by atoms with Crippen molar-refractivity contribution in [1.82, 2.24) is 5.32 Å². The Morgan fingerprint density at radius 1 is 1.21 bits per heavy atom. The average molecular weight is 260 g/mol. The first kappa shape index (κ1) is 14.4. The molecule has 1 aromatic rings. The second-order valence-corrected chi connectivity index (χ2v) is 7.15. The van der Waals surface area contributed by atoms with Crippen LogP contribution in [0.2, 0.25) is 0 Å². The van der Waals surface area contributed by atoms with Crippen LogP contribution < -0.4 is 11.1 Å². The van der Waals surface area contributed by atoms with Crippen molar-refractivity contribution in [3.63, 3.8) is 0 Å². The first-order valence-electron chi connectivity index (χ1n) is 7.42. The minimum atomic E-state index is 0.358. The van der Waals surface area contributed by atoms with E-state index in [4.69, 9.17) is 5.73 Å². The average Bonchev–Trinajstić information content (AvgIpc) is 3.10. The lowest BCUT2D eigenvalue weighted by Crippen LogP contribution is -2.37. The number of rotatable bonds is 6. The van der Waals surface area contributed by atoms with Crippen LogP contribution in [0.25, 0.3) is 0 Å². The molecule has 1 saturated carbocycles. The van der Waals surface area contributed by atoms with E-state index in [-0.39, 0.29) is 0 Å². The Hall–Kier alpha value is -1.02. The van der Waals surface area contributed by atoms with E-state index < -0.39 is 0 Å². The molecule has 0 spiro atoms.